The summed E-state index contributed by atoms with van der Waals surface area (Å²) in [5.41, 5.74) is 6.86. The summed E-state index contributed by atoms with van der Waals surface area (Å²) in [6, 6.07) is -0.403. The Hall–Kier alpha value is -1.15. The quantitative estimate of drug-likeness (QED) is 0.506. The first-order valence-electron chi connectivity index (χ1n) is 5.82. The van der Waals surface area contributed by atoms with Crippen LogP contribution in [0.5, 0.6) is 0 Å². The van der Waals surface area contributed by atoms with Gasteiger partial charge in [0.15, 0.2) is 0 Å². The van der Waals surface area contributed by atoms with Crippen LogP contribution < -0.4 is 11.1 Å². The van der Waals surface area contributed by atoms with Crippen molar-refractivity contribution in [3.63, 3.8) is 0 Å². The first-order valence-corrected chi connectivity index (χ1v) is 5.82. The van der Waals surface area contributed by atoms with Crippen LogP contribution in [0, 0.1) is 0 Å². The van der Waals surface area contributed by atoms with Crippen molar-refractivity contribution in [1.29, 1.82) is 0 Å². The van der Waals surface area contributed by atoms with Crippen molar-refractivity contribution >= 4 is 6.03 Å². The second-order valence-electron chi connectivity index (χ2n) is 4.25. The number of nitrogens with zero attached hydrogens (tertiary/aromatic N) is 1. The lowest BCUT2D eigenvalue weighted by molar-refractivity contribution is -0.0390. The van der Waals surface area contributed by atoms with E-state index in [4.69, 9.17) is 20.7 Å². The monoisotopic (exact) mass is 259 g/mol. The number of aliphatic hydroxyl groups excluding tert-OH is 2. The van der Waals surface area contributed by atoms with Gasteiger partial charge in [-0.15, -0.1) is 0 Å². The molecule has 2 aliphatic heterocycles. The number of hydrogen-bond donors (Lipinski definition) is 4. The third-order valence-electron chi connectivity index (χ3n) is 2.89. The highest BCUT2D eigenvalue weighted by Crippen LogP contribution is 2.23. The summed E-state index contributed by atoms with van der Waals surface area (Å²) in [6.07, 6.45) is 1.56. The van der Waals surface area contributed by atoms with Gasteiger partial charge < -0.3 is 26.0 Å². The molecule has 18 heavy (non-hydrogen) atoms. The van der Waals surface area contributed by atoms with Crippen LogP contribution in [0.4, 0.5) is 4.79 Å². The highest BCUT2D eigenvalue weighted by molar-refractivity contribution is 5.77. The molecule has 0 aromatic heterocycles. The van der Waals surface area contributed by atoms with Crippen LogP contribution in [0.1, 0.15) is 13.3 Å². The van der Waals surface area contributed by atoms with Crippen LogP contribution in [0.15, 0.2) is 11.8 Å². The van der Waals surface area contributed by atoms with Crippen molar-refractivity contribution in [2.75, 3.05) is 20.3 Å². The van der Waals surface area contributed by atoms with E-state index in [2.05, 4.69) is 5.32 Å². The molecule has 7 heteroatoms. The number of nitrogens with one attached hydrogen (secondary N) is 1. The molecule has 3 atom stereocenters. The highest BCUT2D eigenvalue weighted by atomic mass is 16.5. The van der Waals surface area contributed by atoms with Crippen LogP contribution in [0.25, 0.3) is 0 Å². The molecule has 0 spiro atoms. The maximum atomic E-state index is 11.6. The molecule has 7 nitrogen and oxygen atoms in total. The molecule has 0 radical (unpaired) electrons. The fourth-order valence-corrected chi connectivity index (χ4v) is 1.96. The summed E-state index contributed by atoms with van der Waals surface area (Å²) >= 11 is 0. The first kappa shape index (κ1) is 14.9. The van der Waals surface area contributed by atoms with Gasteiger partial charge in [-0.3, -0.25) is 4.90 Å². The van der Waals surface area contributed by atoms with Gasteiger partial charge >= 0.3 is 6.03 Å². The number of rotatable bonds is 2. The maximum Gasteiger partial charge on any atom is 0.323 e. The molecule has 3 unspecified atom stereocenters. The minimum atomic E-state index is -0.381. The number of aliphatic hydroxyl groups is 2. The minimum Gasteiger partial charge on any atom is -0.400 e. The van der Waals surface area contributed by atoms with Crippen molar-refractivity contribution in [3.05, 3.63) is 11.8 Å². The van der Waals surface area contributed by atoms with E-state index >= 15 is 0 Å². The largest absolute Gasteiger partial charge is 0.400 e. The Morgan fingerprint density at radius 1 is 1.61 bits per heavy atom. The molecule has 5 N–H and O–H groups in total. The van der Waals surface area contributed by atoms with Gasteiger partial charge in [-0.1, -0.05) is 0 Å². The molecule has 2 aliphatic rings. The standard InChI is InChI=1S/C10H17N3O3.CH4O/c1-6-3-12-10(15)13(4-6)9-2-7(11)8(5-14)16-9;1-2/h4,7-9,14H,2-3,5,11H2,1H3,(H,12,15);2H,1H3. The Balaban J connectivity index is 0.000000771. The van der Waals surface area contributed by atoms with Gasteiger partial charge in [-0.25, -0.2) is 4.79 Å². The van der Waals surface area contributed by atoms with Crippen molar-refractivity contribution in [2.24, 2.45) is 5.73 Å². The molecular weight excluding hydrogens is 238 g/mol. The number of ether oxygens (including phenoxy) is 1. The van der Waals surface area contributed by atoms with E-state index in [-0.39, 0.29) is 31.0 Å². The van der Waals surface area contributed by atoms with Crippen LogP contribution >= 0.6 is 0 Å². The van der Waals surface area contributed by atoms with E-state index in [1.807, 2.05) is 6.92 Å². The highest BCUT2D eigenvalue weighted by Gasteiger charge is 2.37. The average molecular weight is 259 g/mol. The smallest absolute Gasteiger partial charge is 0.323 e. The van der Waals surface area contributed by atoms with Crippen LogP contribution in [-0.4, -0.2) is 59.8 Å². The molecule has 0 saturated carbocycles. The van der Waals surface area contributed by atoms with Crippen molar-refractivity contribution in [1.82, 2.24) is 10.2 Å². The lowest BCUT2D eigenvalue weighted by Crippen LogP contribution is -2.46. The number of carbonyl (C=O) groups excluding carboxylic acids is 1. The average Bonchev–Trinajstić information content (AvgIpc) is 2.76. The second-order valence-corrected chi connectivity index (χ2v) is 4.25. The van der Waals surface area contributed by atoms with Gasteiger partial charge in [0.2, 0.25) is 0 Å². The zero-order valence-electron chi connectivity index (χ0n) is 10.7. The summed E-state index contributed by atoms with van der Waals surface area (Å²) in [5.74, 6) is 0. The summed E-state index contributed by atoms with van der Waals surface area (Å²) in [7, 11) is 1.00. The molecule has 1 saturated heterocycles. The third-order valence-corrected chi connectivity index (χ3v) is 2.89. The van der Waals surface area contributed by atoms with Crippen LogP contribution in [-0.2, 0) is 4.74 Å². The SMILES string of the molecule is CC1=CN(C2CC(N)C(CO)O2)C(=O)NC1.CO. The summed E-state index contributed by atoms with van der Waals surface area (Å²) in [6.45, 7) is 2.39. The Kier molecular flexibility index (Phi) is 5.54. The third kappa shape index (κ3) is 3.20. The molecule has 104 valence electrons. The van der Waals surface area contributed by atoms with Crippen molar-refractivity contribution in [3.8, 4) is 0 Å². The van der Waals surface area contributed by atoms with Gasteiger partial charge in [0, 0.05) is 32.3 Å². The molecule has 0 aromatic carbocycles. The second kappa shape index (κ2) is 6.69. The summed E-state index contributed by atoms with van der Waals surface area (Å²) in [5, 5.41) is 18.8. The van der Waals surface area contributed by atoms with Gasteiger partial charge in [-0.05, 0) is 12.5 Å². The lowest BCUT2D eigenvalue weighted by atomic mass is 10.1. The molecule has 0 aliphatic carbocycles. The first-order chi connectivity index (χ1) is 8.61. The molecule has 2 heterocycles. The van der Waals surface area contributed by atoms with E-state index in [0.717, 1.165) is 12.7 Å². The molecule has 2 amide bonds. The number of carbonyl (C=O) groups is 1. The number of urea groups is 1. The van der Waals surface area contributed by atoms with E-state index in [1.165, 1.54) is 4.90 Å². The predicted molar refractivity (Wildman–Crippen MR) is 65.5 cm³/mol. The fraction of sp³-hybridized carbons (Fsp3) is 0.727. The predicted octanol–water partition coefficient (Wildman–Crippen LogP) is -1.04. The maximum absolute atomic E-state index is 11.6. The number of hydrogen-bond acceptors (Lipinski definition) is 5. The van der Waals surface area contributed by atoms with Crippen molar-refractivity contribution < 1.29 is 19.7 Å². The zero-order chi connectivity index (χ0) is 13.7. The van der Waals surface area contributed by atoms with E-state index in [9.17, 15) is 4.79 Å². The summed E-state index contributed by atoms with van der Waals surface area (Å²) in [4.78, 5) is 13.1. The van der Waals surface area contributed by atoms with Crippen LogP contribution in [0.3, 0.4) is 0 Å². The van der Waals surface area contributed by atoms with E-state index in [1.54, 1.807) is 6.20 Å². The Morgan fingerprint density at radius 3 is 2.83 bits per heavy atom. The molecule has 0 aromatic rings. The van der Waals surface area contributed by atoms with Crippen LogP contribution in [0.2, 0.25) is 0 Å². The van der Waals surface area contributed by atoms with Gasteiger partial charge in [0.25, 0.3) is 0 Å². The zero-order valence-corrected chi connectivity index (χ0v) is 10.7. The lowest BCUT2D eigenvalue weighted by Gasteiger charge is -2.29. The van der Waals surface area contributed by atoms with Gasteiger partial charge in [0.1, 0.15) is 6.23 Å². The molecule has 0 bridgehead atoms. The van der Waals surface area contributed by atoms with Gasteiger partial charge in [-0.2, -0.15) is 0 Å². The Morgan fingerprint density at radius 2 is 2.28 bits per heavy atom. The molecule has 1 fully saturated rings. The Labute approximate surface area is 106 Å². The molecule has 2 rings (SSSR count). The fourth-order valence-electron chi connectivity index (χ4n) is 1.96. The van der Waals surface area contributed by atoms with Gasteiger partial charge in [0.05, 0.1) is 12.7 Å². The van der Waals surface area contributed by atoms with Crippen molar-refractivity contribution in [2.45, 2.75) is 31.7 Å². The summed E-state index contributed by atoms with van der Waals surface area (Å²) < 4.78 is 5.53. The topological polar surface area (TPSA) is 108 Å². The normalized spacial score (nSPS) is 31.4. The minimum absolute atomic E-state index is 0.115. The van der Waals surface area contributed by atoms with E-state index < -0.39 is 0 Å². The van der Waals surface area contributed by atoms with E-state index in [0.29, 0.717) is 13.0 Å². The number of nitrogens with two attached hydrogens (primary N) is 1. The number of amides is 2. The Bertz CT molecular complexity index is 321. The molecular formula is C11H21N3O4.